The smallest absolute Gasteiger partial charge is 0.260 e. The number of hydrogen-bond donors (Lipinski definition) is 2. The average molecular weight is 267 g/mol. The van der Waals surface area contributed by atoms with E-state index in [0.29, 0.717) is 11.3 Å². The van der Waals surface area contributed by atoms with Crippen LogP contribution in [0.3, 0.4) is 0 Å². The third kappa shape index (κ3) is 2.14. The van der Waals surface area contributed by atoms with E-state index in [9.17, 15) is 4.79 Å². The quantitative estimate of drug-likeness (QED) is 0.649. The van der Waals surface area contributed by atoms with Crippen molar-refractivity contribution >= 4 is 17.3 Å². The van der Waals surface area contributed by atoms with Crippen LogP contribution in [-0.2, 0) is 6.42 Å². The van der Waals surface area contributed by atoms with Gasteiger partial charge in [-0.1, -0.05) is 30.3 Å². The molecule has 0 spiro atoms. The molecule has 0 bridgehead atoms. The molecule has 0 atom stereocenters. The number of aryl methyl sites for hydroxylation is 1. The Balaban J connectivity index is 2.00. The number of benzene rings is 2. The standard InChI is InChI=1S/C16H17N3O/c17-18-14-9-3-2-8-13(14)16(20)19-11-5-7-12-6-1-4-10-15(12)19/h1-4,6,8-10,18H,5,7,11,17H2. The number of fused-ring (bicyclic) bond motifs is 1. The lowest BCUT2D eigenvalue weighted by molar-refractivity contribution is 0.0986. The van der Waals surface area contributed by atoms with Crippen molar-refractivity contribution in [1.29, 1.82) is 0 Å². The van der Waals surface area contributed by atoms with Crippen LogP contribution in [-0.4, -0.2) is 12.5 Å². The number of nitrogens with one attached hydrogen (secondary N) is 1. The summed E-state index contributed by atoms with van der Waals surface area (Å²) in [5.41, 5.74) is 6.09. The van der Waals surface area contributed by atoms with Crippen molar-refractivity contribution < 1.29 is 4.79 Å². The van der Waals surface area contributed by atoms with Crippen LogP contribution in [0.2, 0.25) is 0 Å². The second kappa shape index (κ2) is 5.35. The highest BCUT2D eigenvalue weighted by molar-refractivity contribution is 6.10. The van der Waals surface area contributed by atoms with Crippen LogP contribution in [0.5, 0.6) is 0 Å². The fourth-order valence-electron chi connectivity index (χ4n) is 2.69. The Bertz CT molecular complexity index is 639. The molecule has 0 aromatic heterocycles. The van der Waals surface area contributed by atoms with Crippen LogP contribution in [0.25, 0.3) is 0 Å². The van der Waals surface area contributed by atoms with Crippen molar-refractivity contribution in [3.63, 3.8) is 0 Å². The SMILES string of the molecule is NNc1ccccc1C(=O)N1CCCc2ccccc21. The first-order valence-electron chi connectivity index (χ1n) is 6.76. The molecule has 2 aromatic rings. The largest absolute Gasteiger partial charge is 0.323 e. The molecular weight excluding hydrogens is 250 g/mol. The van der Waals surface area contributed by atoms with Crippen LogP contribution in [0.4, 0.5) is 11.4 Å². The molecule has 0 aliphatic carbocycles. The fraction of sp³-hybridized carbons (Fsp3) is 0.188. The van der Waals surface area contributed by atoms with Crippen molar-refractivity contribution in [3.8, 4) is 0 Å². The predicted octanol–water partition coefficient (Wildman–Crippen LogP) is 2.57. The topological polar surface area (TPSA) is 58.4 Å². The Morgan fingerprint density at radius 2 is 1.85 bits per heavy atom. The molecule has 2 aromatic carbocycles. The summed E-state index contributed by atoms with van der Waals surface area (Å²) in [6.45, 7) is 0.745. The lowest BCUT2D eigenvalue weighted by atomic mass is 10.0. The minimum absolute atomic E-state index is 0.00861. The molecule has 1 aliphatic heterocycles. The van der Waals surface area contributed by atoms with Gasteiger partial charge in [0.2, 0.25) is 0 Å². The van der Waals surface area contributed by atoms with Crippen molar-refractivity contribution in [2.24, 2.45) is 5.84 Å². The Labute approximate surface area is 118 Å². The normalized spacial score (nSPS) is 13.8. The highest BCUT2D eigenvalue weighted by Gasteiger charge is 2.24. The van der Waals surface area contributed by atoms with E-state index in [4.69, 9.17) is 5.84 Å². The summed E-state index contributed by atoms with van der Waals surface area (Å²) in [7, 11) is 0. The van der Waals surface area contributed by atoms with Crippen molar-refractivity contribution in [2.45, 2.75) is 12.8 Å². The van der Waals surface area contributed by atoms with Gasteiger partial charge in [-0.3, -0.25) is 10.6 Å². The number of hydrogen-bond acceptors (Lipinski definition) is 3. The summed E-state index contributed by atoms with van der Waals surface area (Å²) in [6, 6.07) is 15.4. The van der Waals surface area contributed by atoms with Crippen molar-refractivity contribution in [3.05, 3.63) is 59.7 Å². The molecule has 0 unspecified atom stereocenters. The first-order valence-corrected chi connectivity index (χ1v) is 6.76. The van der Waals surface area contributed by atoms with Crippen LogP contribution in [0.1, 0.15) is 22.3 Å². The van der Waals surface area contributed by atoms with Crippen LogP contribution < -0.4 is 16.2 Å². The molecule has 0 saturated carbocycles. The number of nitrogens with two attached hydrogens (primary N) is 1. The van der Waals surface area contributed by atoms with Crippen LogP contribution >= 0.6 is 0 Å². The number of hydrazine groups is 1. The van der Waals surface area contributed by atoms with E-state index in [1.165, 1.54) is 5.56 Å². The lowest BCUT2D eigenvalue weighted by Crippen LogP contribution is -2.36. The first kappa shape index (κ1) is 12.7. The van der Waals surface area contributed by atoms with E-state index in [2.05, 4.69) is 11.5 Å². The highest BCUT2D eigenvalue weighted by Crippen LogP contribution is 2.29. The van der Waals surface area contributed by atoms with Gasteiger partial charge in [0.25, 0.3) is 5.91 Å². The van der Waals surface area contributed by atoms with Gasteiger partial charge in [0.15, 0.2) is 0 Å². The van der Waals surface area contributed by atoms with Gasteiger partial charge < -0.3 is 10.3 Å². The first-order chi connectivity index (χ1) is 9.81. The van der Waals surface area contributed by atoms with E-state index < -0.39 is 0 Å². The van der Waals surface area contributed by atoms with Gasteiger partial charge in [0.1, 0.15) is 0 Å². The van der Waals surface area contributed by atoms with E-state index in [1.54, 1.807) is 6.07 Å². The Morgan fingerprint density at radius 1 is 1.10 bits per heavy atom. The second-order valence-electron chi connectivity index (χ2n) is 4.88. The zero-order chi connectivity index (χ0) is 13.9. The van der Waals surface area contributed by atoms with Gasteiger partial charge >= 0.3 is 0 Å². The predicted molar refractivity (Wildman–Crippen MR) is 80.7 cm³/mol. The van der Waals surface area contributed by atoms with Gasteiger partial charge in [-0.2, -0.15) is 0 Å². The summed E-state index contributed by atoms with van der Waals surface area (Å²) >= 11 is 0. The van der Waals surface area contributed by atoms with E-state index in [-0.39, 0.29) is 5.91 Å². The van der Waals surface area contributed by atoms with Gasteiger partial charge in [0.05, 0.1) is 11.3 Å². The van der Waals surface area contributed by atoms with Gasteiger partial charge in [0, 0.05) is 12.2 Å². The summed E-state index contributed by atoms with van der Waals surface area (Å²) in [6.07, 6.45) is 2.01. The second-order valence-corrected chi connectivity index (χ2v) is 4.88. The summed E-state index contributed by atoms with van der Waals surface area (Å²) in [5.74, 6) is 5.48. The molecule has 0 saturated heterocycles. The Hall–Kier alpha value is -2.33. The third-order valence-electron chi connectivity index (χ3n) is 3.67. The van der Waals surface area contributed by atoms with Crippen LogP contribution in [0, 0.1) is 0 Å². The minimum Gasteiger partial charge on any atom is -0.323 e. The molecule has 4 heteroatoms. The minimum atomic E-state index is -0.00861. The molecule has 1 aliphatic rings. The van der Waals surface area contributed by atoms with Crippen molar-refractivity contribution in [2.75, 3.05) is 16.9 Å². The number of anilines is 2. The number of carbonyl (C=O) groups excluding carboxylic acids is 1. The molecule has 1 amide bonds. The number of nitrogens with zero attached hydrogens (tertiary/aromatic N) is 1. The number of nitrogen functional groups attached to an aromatic ring is 1. The molecule has 102 valence electrons. The van der Waals surface area contributed by atoms with E-state index >= 15 is 0 Å². The molecule has 4 nitrogen and oxygen atoms in total. The number of para-hydroxylation sites is 2. The lowest BCUT2D eigenvalue weighted by Gasteiger charge is -2.30. The Kier molecular flexibility index (Phi) is 3.39. The summed E-state index contributed by atoms with van der Waals surface area (Å²) < 4.78 is 0. The highest BCUT2D eigenvalue weighted by atomic mass is 16.2. The van der Waals surface area contributed by atoms with Crippen molar-refractivity contribution in [1.82, 2.24) is 0 Å². The maximum Gasteiger partial charge on any atom is 0.260 e. The van der Waals surface area contributed by atoms with Gasteiger partial charge in [-0.25, -0.2) is 0 Å². The summed E-state index contributed by atoms with van der Waals surface area (Å²) in [5, 5.41) is 0. The number of amides is 1. The molecular formula is C16H17N3O. The van der Waals surface area contributed by atoms with E-state index in [0.717, 1.165) is 25.1 Å². The molecule has 3 rings (SSSR count). The van der Waals surface area contributed by atoms with Gasteiger partial charge in [-0.15, -0.1) is 0 Å². The molecule has 20 heavy (non-hydrogen) atoms. The maximum absolute atomic E-state index is 12.8. The third-order valence-corrected chi connectivity index (χ3v) is 3.67. The van der Waals surface area contributed by atoms with E-state index in [1.807, 2.05) is 41.3 Å². The average Bonchev–Trinajstić information content (AvgIpc) is 2.53. The van der Waals surface area contributed by atoms with Gasteiger partial charge in [-0.05, 0) is 36.6 Å². The molecule has 3 N–H and O–H groups in total. The number of rotatable bonds is 2. The molecule has 1 heterocycles. The maximum atomic E-state index is 12.8. The fourth-order valence-corrected chi connectivity index (χ4v) is 2.69. The monoisotopic (exact) mass is 267 g/mol. The molecule has 0 fully saturated rings. The number of carbonyl (C=O) groups is 1. The molecule has 0 radical (unpaired) electrons. The summed E-state index contributed by atoms with van der Waals surface area (Å²) in [4.78, 5) is 14.6. The zero-order valence-corrected chi connectivity index (χ0v) is 11.2. The Morgan fingerprint density at radius 3 is 2.70 bits per heavy atom. The van der Waals surface area contributed by atoms with Crippen LogP contribution in [0.15, 0.2) is 48.5 Å². The zero-order valence-electron chi connectivity index (χ0n) is 11.2.